The van der Waals surface area contributed by atoms with E-state index in [1.165, 1.54) is 0 Å². The second-order valence-corrected chi connectivity index (χ2v) is 4.99. The van der Waals surface area contributed by atoms with Crippen molar-refractivity contribution < 1.29 is 0 Å². The molecule has 0 saturated carbocycles. The van der Waals surface area contributed by atoms with E-state index in [1.54, 1.807) is 12.1 Å². The zero-order valence-corrected chi connectivity index (χ0v) is 11.4. The van der Waals surface area contributed by atoms with Gasteiger partial charge in [0.15, 0.2) is 0 Å². The number of nitrogens with zero attached hydrogens (tertiary/aromatic N) is 4. The van der Waals surface area contributed by atoms with Crippen molar-refractivity contribution in [1.29, 1.82) is 10.5 Å². The fourth-order valence-corrected chi connectivity index (χ4v) is 2.64. The topological polar surface area (TPSA) is 73.4 Å². The van der Waals surface area contributed by atoms with E-state index in [0.29, 0.717) is 22.2 Å². The van der Waals surface area contributed by atoms with Crippen LogP contribution in [-0.2, 0) is 0 Å². The van der Waals surface area contributed by atoms with Gasteiger partial charge in [-0.3, -0.25) is 0 Å². The van der Waals surface area contributed by atoms with Gasteiger partial charge in [-0.25, -0.2) is 9.97 Å². The summed E-state index contributed by atoms with van der Waals surface area (Å²) in [5, 5.41) is 20.4. The van der Waals surface area contributed by atoms with Crippen LogP contribution in [0, 0.1) is 22.7 Å². The molecule has 0 aliphatic heterocycles. The van der Waals surface area contributed by atoms with Crippen molar-refractivity contribution in [2.24, 2.45) is 0 Å². The Labute approximate surface area is 125 Å². The summed E-state index contributed by atoms with van der Waals surface area (Å²) in [6.07, 6.45) is 0. The lowest BCUT2D eigenvalue weighted by atomic mass is 10.1. The van der Waals surface area contributed by atoms with E-state index in [-0.39, 0.29) is 0 Å². The number of benzene rings is 3. The van der Waals surface area contributed by atoms with Crippen molar-refractivity contribution in [2.75, 3.05) is 0 Å². The van der Waals surface area contributed by atoms with Gasteiger partial charge in [-0.15, -0.1) is 0 Å². The van der Waals surface area contributed by atoms with E-state index in [4.69, 9.17) is 10.5 Å². The standard InChI is InChI=1S/C18H8N4/c19-9-12-7-16-17(8-13(12)10-20)22-18-14-4-2-1-3-11(14)5-6-15(18)21-16/h1-8H. The Kier molecular flexibility index (Phi) is 2.51. The summed E-state index contributed by atoms with van der Waals surface area (Å²) in [4.78, 5) is 9.26. The first-order valence-corrected chi connectivity index (χ1v) is 6.73. The van der Waals surface area contributed by atoms with Gasteiger partial charge in [0.2, 0.25) is 0 Å². The van der Waals surface area contributed by atoms with E-state index in [9.17, 15) is 0 Å². The Morgan fingerprint density at radius 2 is 1.41 bits per heavy atom. The van der Waals surface area contributed by atoms with Crippen LogP contribution < -0.4 is 0 Å². The van der Waals surface area contributed by atoms with Crippen molar-refractivity contribution in [2.45, 2.75) is 0 Å². The molecule has 4 aromatic rings. The highest BCUT2D eigenvalue weighted by Gasteiger charge is 2.09. The molecule has 0 fully saturated rings. The molecule has 0 spiro atoms. The minimum atomic E-state index is 0.323. The van der Waals surface area contributed by atoms with Crippen molar-refractivity contribution in [3.63, 3.8) is 0 Å². The molecule has 4 nitrogen and oxygen atoms in total. The molecule has 100 valence electrons. The molecule has 3 aromatic carbocycles. The predicted octanol–water partition coefficient (Wildman–Crippen LogP) is 3.68. The molecule has 0 saturated heterocycles. The van der Waals surface area contributed by atoms with E-state index in [1.807, 2.05) is 48.5 Å². The van der Waals surface area contributed by atoms with E-state index in [0.717, 1.165) is 21.8 Å². The number of rotatable bonds is 0. The molecule has 0 aliphatic carbocycles. The molecule has 0 radical (unpaired) electrons. The van der Waals surface area contributed by atoms with Gasteiger partial charge in [0.1, 0.15) is 12.1 Å². The highest BCUT2D eigenvalue weighted by Crippen LogP contribution is 2.25. The molecule has 0 unspecified atom stereocenters. The van der Waals surface area contributed by atoms with Crippen molar-refractivity contribution >= 4 is 32.8 Å². The maximum Gasteiger partial charge on any atom is 0.101 e. The largest absolute Gasteiger partial charge is 0.244 e. The number of fused-ring (bicyclic) bond motifs is 4. The summed E-state index contributed by atoms with van der Waals surface area (Å²) >= 11 is 0. The average molecular weight is 280 g/mol. The molecule has 1 heterocycles. The van der Waals surface area contributed by atoms with Crippen molar-refractivity contribution in [1.82, 2.24) is 9.97 Å². The van der Waals surface area contributed by atoms with Crippen LogP contribution in [0.2, 0.25) is 0 Å². The molecule has 0 aliphatic rings. The quantitative estimate of drug-likeness (QED) is 0.364. The Morgan fingerprint density at radius 1 is 0.727 bits per heavy atom. The fraction of sp³-hybridized carbons (Fsp3) is 0. The number of aromatic nitrogens is 2. The number of nitriles is 2. The SMILES string of the molecule is N#Cc1cc2nc3ccc4ccccc4c3nc2cc1C#N. The number of hydrogen-bond donors (Lipinski definition) is 0. The van der Waals surface area contributed by atoms with Crippen LogP contribution in [0.25, 0.3) is 32.8 Å². The summed E-state index contributed by atoms with van der Waals surface area (Å²) in [6, 6.07) is 19.2. The molecule has 1 aromatic heterocycles. The molecule has 0 atom stereocenters. The fourth-order valence-electron chi connectivity index (χ4n) is 2.64. The summed E-state index contributed by atoms with van der Waals surface area (Å²) in [6.45, 7) is 0. The lowest BCUT2D eigenvalue weighted by Gasteiger charge is -2.05. The smallest absolute Gasteiger partial charge is 0.101 e. The average Bonchev–Trinajstić information content (AvgIpc) is 2.58. The molecular weight excluding hydrogens is 272 g/mol. The second kappa shape index (κ2) is 4.51. The summed E-state index contributed by atoms with van der Waals surface area (Å²) in [7, 11) is 0. The van der Waals surface area contributed by atoms with Gasteiger partial charge in [-0.05, 0) is 23.6 Å². The van der Waals surface area contributed by atoms with Crippen LogP contribution in [0.3, 0.4) is 0 Å². The normalized spacial score (nSPS) is 10.6. The molecule has 0 N–H and O–H groups in total. The highest BCUT2D eigenvalue weighted by molar-refractivity contribution is 6.05. The monoisotopic (exact) mass is 280 g/mol. The Hall–Kier alpha value is -3.50. The molecule has 22 heavy (non-hydrogen) atoms. The highest BCUT2D eigenvalue weighted by atomic mass is 14.8. The first kappa shape index (κ1) is 12.3. The molecule has 4 heteroatoms. The van der Waals surface area contributed by atoms with Gasteiger partial charge in [-0.2, -0.15) is 10.5 Å². The van der Waals surface area contributed by atoms with Gasteiger partial charge in [0, 0.05) is 5.39 Å². The minimum Gasteiger partial charge on any atom is -0.244 e. The van der Waals surface area contributed by atoms with Crippen LogP contribution in [0.4, 0.5) is 0 Å². The van der Waals surface area contributed by atoms with Crippen LogP contribution in [0.15, 0.2) is 48.5 Å². The molecular formula is C18H8N4. The van der Waals surface area contributed by atoms with Crippen LogP contribution in [0.1, 0.15) is 11.1 Å². The van der Waals surface area contributed by atoms with Gasteiger partial charge in [-0.1, -0.05) is 30.3 Å². The minimum absolute atomic E-state index is 0.323. The van der Waals surface area contributed by atoms with Gasteiger partial charge >= 0.3 is 0 Å². The van der Waals surface area contributed by atoms with Gasteiger partial charge < -0.3 is 0 Å². The van der Waals surface area contributed by atoms with Crippen molar-refractivity contribution in [3.8, 4) is 12.1 Å². The zero-order chi connectivity index (χ0) is 15.1. The zero-order valence-electron chi connectivity index (χ0n) is 11.4. The first-order chi connectivity index (χ1) is 10.8. The van der Waals surface area contributed by atoms with Crippen molar-refractivity contribution in [3.05, 3.63) is 59.7 Å². The molecule has 0 bridgehead atoms. The first-order valence-electron chi connectivity index (χ1n) is 6.73. The molecule has 4 rings (SSSR count). The van der Waals surface area contributed by atoms with Crippen LogP contribution in [0.5, 0.6) is 0 Å². The van der Waals surface area contributed by atoms with Crippen LogP contribution >= 0.6 is 0 Å². The maximum absolute atomic E-state index is 9.14. The lowest BCUT2D eigenvalue weighted by Crippen LogP contribution is -1.92. The van der Waals surface area contributed by atoms with Gasteiger partial charge in [0.05, 0.1) is 33.2 Å². The third-order valence-electron chi connectivity index (χ3n) is 3.71. The maximum atomic E-state index is 9.14. The number of hydrogen-bond acceptors (Lipinski definition) is 4. The lowest BCUT2D eigenvalue weighted by molar-refractivity contribution is 1.38. The second-order valence-electron chi connectivity index (χ2n) is 4.99. The van der Waals surface area contributed by atoms with Crippen LogP contribution in [-0.4, -0.2) is 9.97 Å². The third kappa shape index (κ3) is 1.69. The molecule has 0 amide bonds. The third-order valence-corrected chi connectivity index (χ3v) is 3.71. The Bertz CT molecular complexity index is 1150. The van der Waals surface area contributed by atoms with E-state index < -0.39 is 0 Å². The predicted molar refractivity (Wildman–Crippen MR) is 84.0 cm³/mol. The van der Waals surface area contributed by atoms with Gasteiger partial charge in [0.25, 0.3) is 0 Å². The summed E-state index contributed by atoms with van der Waals surface area (Å²) in [5.74, 6) is 0. The summed E-state index contributed by atoms with van der Waals surface area (Å²) < 4.78 is 0. The van der Waals surface area contributed by atoms with E-state index >= 15 is 0 Å². The Balaban J connectivity index is 2.18. The Morgan fingerprint density at radius 3 is 2.14 bits per heavy atom. The van der Waals surface area contributed by atoms with E-state index in [2.05, 4.69) is 9.97 Å². The summed E-state index contributed by atoms with van der Waals surface area (Å²) in [5.41, 5.74) is 3.48.